The summed E-state index contributed by atoms with van der Waals surface area (Å²) in [5, 5.41) is 5.16. The molecule has 0 bridgehead atoms. The minimum absolute atomic E-state index is 0.0634. The van der Waals surface area contributed by atoms with E-state index in [1.165, 1.54) is 16.5 Å². The van der Waals surface area contributed by atoms with Gasteiger partial charge in [-0.15, -0.1) is 5.10 Å². The number of nitrogens with zero attached hydrogens (tertiary/aromatic N) is 5. The first-order valence-electron chi connectivity index (χ1n) is 11.4. The number of carbonyl (C=O) groups is 1. The van der Waals surface area contributed by atoms with Crippen LogP contribution in [0.1, 0.15) is 28.8 Å². The highest BCUT2D eigenvalue weighted by atomic mass is 16.5. The second-order valence-electron chi connectivity index (χ2n) is 8.65. The molecule has 4 aromatic rings. The maximum Gasteiger partial charge on any atom is 0.330 e. The molecule has 0 saturated heterocycles. The Bertz CT molecular complexity index is 1570. The van der Waals surface area contributed by atoms with Crippen LogP contribution in [0.4, 0.5) is 11.5 Å². The molecule has 36 heavy (non-hydrogen) atoms. The topological polar surface area (TPSA) is 141 Å². The Hall–Kier alpha value is -4.41. The monoisotopic (exact) mass is 491 g/mol. The Morgan fingerprint density at radius 1 is 1.19 bits per heavy atom. The van der Waals surface area contributed by atoms with Gasteiger partial charge in [-0.1, -0.05) is 30.3 Å². The summed E-state index contributed by atoms with van der Waals surface area (Å²) in [5.74, 6) is 0.0790. The van der Waals surface area contributed by atoms with Gasteiger partial charge in [-0.05, 0) is 37.0 Å². The average molecular weight is 492 g/mol. The van der Waals surface area contributed by atoms with Gasteiger partial charge in [0, 0.05) is 26.2 Å². The fourth-order valence-corrected chi connectivity index (χ4v) is 4.46. The van der Waals surface area contributed by atoms with Crippen LogP contribution in [-0.2, 0) is 24.8 Å². The highest BCUT2D eigenvalue weighted by Gasteiger charge is 2.23. The lowest BCUT2D eigenvalue weighted by molar-refractivity contribution is -0.118. The molecule has 0 fully saturated rings. The van der Waals surface area contributed by atoms with Crippen LogP contribution in [0.25, 0.3) is 11.0 Å². The highest BCUT2D eigenvalue weighted by Crippen LogP contribution is 2.30. The number of rotatable bonds is 7. The van der Waals surface area contributed by atoms with Gasteiger partial charge in [0.25, 0.3) is 5.56 Å². The number of pyridine rings is 1. The third kappa shape index (κ3) is 4.35. The molecule has 11 nitrogen and oxygen atoms in total. The van der Waals surface area contributed by atoms with E-state index in [1.807, 2.05) is 44.2 Å². The number of aromatic nitrogens is 5. The molecule has 0 aliphatic rings. The number of nitrogens with two attached hydrogens (primary N) is 1. The van der Waals surface area contributed by atoms with Crippen molar-refractivity contribution in [2.75, 3.05) is 24.8 Å². The molecular formula is C25H29N7O4. The zero-order valence-electron chi connectivity index (χ0n) is 21.0. The van der Waals surface area contributed by atoms with Gasteiger partial charge in [0.15, 0.2) is 11.3 Å². The van der Waals surface area contributed by atoms with Gasteiger partial charge in [0.05, 0.1) is 19.0 Å². The molecule has 0 aliphatic carbocycles. The zero-order chi connectivity index (χ0) is 26.1. The number of carbonyl (C=O) groups excluding carboxylic acids is 1. The maximum atomic E-state index is 13.2. The number of H-pyrrole nitrogens is 1. The Morgan fingerprint density at radius 3 is 2.56 bits per heavy atom. The van der Waals surface area contributed by atoms with Crippen molar-refractivity contribution >= 4 is 28.4 Å². The molecule has 1 amide bonds. The van der Waals surface area contributed by atoms with Gasteiger partial charge in [-0.3, -0.25) is 19.1 Å². The third-order valence-corrected chi connectivity index (χ3v) is 6.41. The van der Waals surface area contributed by atoms with Crippen LogP contribution in [0.15, 0.2) is 39.9 Å². The molecule has 4 rings (SSSR count). The molecule has 11 heteroatoms. The molecule has 0 saturated carbocycles. The minimum atomic E-state index is -0.715. The van der Waals surface area contributed by atoms with Gasteiger partial charge in [-0.2, -0.15) is 0 Å². The van der Waals surface area contributed by atoms with E-state index in [2.05, 4.69) is 15.1 Å². The van der Waals surface area contributed by atoms with Crippen LogP contribution in [0.5, 0.6) is 5.88 Å². The summed E-state index contributed by atoms with van der Waals surface area (Å²) in [6, 6.07) is 9.24. The second kappa shape index (κ2) is 9.68. The molecule has 1 aromatic carbocycles. The van der Waals surface area contributed by atoms with Gasteiger partial charge < -0.3 is 15.4 Å². The van der Waals surface area contributed by atoms with Crippen LogP contribution in [-0.4, -0.2) is 44.4 Å². The Morgan fingerprint density at radius 2 is 1.89 bits per heavy atom. The zero-order valence-corrected chi connectivity index (χ0v) is 21.0. The molecule has 0 atom stereocenters. The van der Waals surface area contributed by atoms with Gasteiger partial charge in [0.2, 0.25) is 11.8 Å². The largest absolute Gasteiger partial charge is 0.479 e. The standard InChI is InChI=1S/C25H29N7O4/c1-14-17(15(2)27-22-19(14)24(36-5)29-31(22)4)11-12-18(33)30(3)20-21(26)32(25(35)28-23(20)34)13-16-9-7-6-8-10-16/h6-10H,11-13,26H2,1-5H3,(H,28,34,35). The van der Waals surface area contributed by atoms with E-state index in [0.717, 1.165) is 27.8 Å². The quantitative estimate of drug-likeness (QED) is 0.401. The molecular weight excluding hydrogens is 462 g/mol. The summed E-state index contributed by atoms with van der Waals surface area (Å²) in [4.78, 5) is 46.4. The summed E-state index contributed by atoms with van der Waals surface area (Å²) in [7, 11) is 4.83. The molecule has 0 spiro atoms. The summed E-state index contributed by atoms with van der Waals surface area (Å²) in [5.41, 5.74) is 8.99. The number of fused-ring (bicyclic) bond motifs is 1. The molecule has 3 N–H and O–H groups in total. The van der Waals surface area contributed by atoms with Crippen LogP contribution in [0.3, 0.4) is 0 Å². The number of amides is 1. The Balaban J connectivity index is 1.62. The van der Waals surface area contributed by atoms with Crippen molar-refractivity contribution in [1.82, 2.24) is 24.3 Å². The molecule has 188 valence electrons. The van der Waals surface area contributed by atoms with E-state index in [1.54, 1.807) is 18.8 Å². The van der Waals surface area contributed by atoms with E-state index in [9.17, 15) is 14.4 Å². The van der Waals surface area contributed by atoms with E-state index in [4.69, 9.17) is 10.5 Å². The number of benzene rings is 1. The first kappa shape index (κ1) is 24.7. The average Bonchev–Trinajstić information content (AvgIpc) is 3.17. The van der Waals surface area contributed by atoms with Gasteiger partial charge in [0.1, 0.15) is 5.82 Å². The van der Waals surface area contributed by atoms with E-state index >= 15 is 0 Å². The van der Waals surface area contributed by atoms with E-state index in [-0.39, 0.29) is 30.4 Å². The predicted octanol–water partition coefficient (Wildman–Crippen LogP) is 1.67. The SMILES string of the molecule is COc1nn(C)c2nc(C)c(CCC(=O)N(C)c3c(N)n(Cc4ccccc4)c(=O)[nH]c3=O)c(C)c12. The highest BCUT2D eigenvalue weighted by molar-refractivity contribution is 5.95. The fourth-order valence-electron chi connectivity index (χ4n) is 4.46. The molecule has 3 aromatic heterocycles. The number of ether oxygens (including phenoxy) is 1. The number of aryl methyl sites for hydroxylation is 3. The third-order valence-electron chi connectivity index (χ3n) is 6.41. The molecule has 3 heterocycles. The Kier molecular flexibility index (Phi) is 6.65. The van der Waals surface area contributed by atoms with Crippen molar-refractivity contribution in [2.45, 2.75) is 33.2 Å². The number of nitrogens with one attached hydrogen (secondary N) is 1. The van der Waals surface area contributed by atoms with Crippen LogP contribution < -0.4 is 26.6 Å². The number of anilines is 2. The van der Waals surface area contributed by atoms with Crippen LogP contribution >= 0.6 is 0 Å². The van der Waals surface area contributed by atoms with Crippen molar-refractivity contribution in [3.8, 4) is 5.88 Å². The normalized spacial score (nSPS) is 11.1. The lowest BCUT2D eigenvalue weighted by atomic mass is 10.00. The van der Waals surface area contributed by atoms with Crippen LogP contribution in [0, 0.1) is 13.8 Å². The van der Waals surface area contributed by atoms with Gasteiger partial charge >= 0.3 is 5.69 Å². The second-order valence-corrected chi connectivity index (χ2v) is 8.65. The first-order chi connectivity index (χ1) is 17.1. The number of nitrogen functional groups attached to an aromatic ring is 1. The van der Waals surface area contributed by atoms with Crippen molar-refractivity contribution in [1.29, 1.82) is 0 Å². The fraction of sp³-hybridized carbons (Fsp3) is 0.320. The number of hydrogen-bond donors (Lipinski definition) is 2. The van der Waals surface area contributed by atoms with E-state index in [0.29, 0.717) is 17.9 Å². The molecule has 0 aliphatic heterocycles. The first-order valence-corrected chi connectivity index (χ1v) is 11.4. The maximum absolute atomic E-state index is 13.2. The number of aromatic amines is 1. The lowest BCUT2D eigenvalue weighted by Crippen LogP contribution is -2.39. The van der Waals surface area contributed by atoms with Crippen molar-refractivity contribution < 1.29 is 9.53 Å². The van der Waals surface area contributed by atoms with Crippen molar-refractivity contribution in [3.05, 3.63) is 73.6 Å². The number of hydrogen-bond acceptors (Lipinski definition) is 7. The minimum Gasteiger partial charge on any atom is -0.479 e. The number of methoxy groups -OCH3 is 1. The van der Waals surface area contributed by atoms with Crippen molar-refractivity contribution in [2.24, 2.45) is 7.05 Å². The van der Waals surface area contributed by atoms with Crippen molar-refractivity contribution in [3.63, 3.8) is 0 Å². The molecule has 0 radical (unpaired) electrons. The summed E-state index contributed by atoms with van der Waals surface area (Å²) < 4.78 is 8.32. The van der Waals surface area contributed by atoms with E-state index < -0.39 is 11.2 Å². The molecule has 0 unspecified atom stereocenters. The summed E-state index contributed by atoms with van der Waals surface area (Å²) >= 11 is 0. The predicted molar refractivity (Wildman–Crippen MR) is 138 cm³/mol. The lowest BCUT2D eigenvalue weighted by Gasteiger charge is -2.21. The van der Waals surface area contributed by atoms with Crippen LogP contribution in [0.2, 0.25) is 0 Å². The Labute approximate surface area is 207 Å². The summed E-state index contributed by atoms with van der Waals surface area (Å²) in [6.07, 6.45) is 0.494. The smallest absolute Gasteiger partial charge is 0.330 e. The summed E-state index contributed by atoms with van der Waals surface area (Å²) in [6.45, 7) is 4.00. The van der Waals surface area contributed by atoms with Gasteiger partial charge in [-0.25, -0.2) is 14.5 Å².